The van der Waals surface area contributed by atoms with Gasteiger partial charge in [0.25, 0.3) is 0 Å². The number of hydrogen-bond donors (Lipinski definition) is 0. The van der Waals surface area contributed by atoms with Gasteiger partial charge in [-0.1, -0.05) is 45.2 Å². The minimum Gasteiger partial charge on any atom is -0.339 e. The third-order valence-electron chi connectivity index (χ3n) is 3.16. The Morgan fingerprint density at radius 3 is 2.63 bits per heavy atom. The Balaban J connectivity index is 2.70. The van der Waals surface area contributed by atoms with Crippen molar-refractivity contribution in [1.29, 1.82) is 0 Å². The van der Waals surface area contributed by atoms with Gasteiger partial charge in [0.05, 0.1) is 6.04 Å². The molecule has 0 bridgehead atoms. The molecule has 1 unspecified atom stereocenters. The smallest absolute Gasteiger partial charge is 0.222 e. The number of carbonyl (C=O) groups excluding carboxylic acids is 1. The van der Waals surface area contributed by atoms with Crippen LogP contribution in [0.4, 0.5) is 0 Å². The van der Waals surface area contributed by atoms with E-state index < -0.39 is 0 Å². The predicted molar refractivity (Wildman–Crippen MR) is 85.3 cm³/mol. The summed E-state index contributed by atoms with van der Waals surface area (Å²) in [4.78, 5) is 13.8. The van der Waals surface area contributed by atoms with Gasteiger partial charge in [0.1, 0.15) is 0 Å². The Morgan fingerprint density at radius 1 is 1.37 bits per heavy atom. The van der Waals surface area contributed by atoms with Gasteiger partial charge in [0.15, 0.2) is 0 Å². The summed E-state index contributed by atoms with van der Waals surface area (Å²) in [5, 5.41) is 2.13. The van der Waals surface area contributed by atoms with Gasteiger partial charge in [0.2, 0.25) is 5.91 Å². The van der Waals surface area contributed by atoms with Gasteiger partial charge in [-0.05, 0) is 37.5 Å². The molecule has 1 aromatic carbocycles. The summed E-state index contributed by atoms with van der Waals surface area (Å²) in [5.74, 6) is 0.138. The number of hydrogen-bond acceptors (Lipinski definition) is 1. The zero-order valence-electron chi connectivity index (χ0n) is 11.1. The van der Waals surface area contributed by atoms with Crippen molar-refractivity contribution in [2.75, 3.05) is 12.4 Å². The van der Waals surface area contributed by atoms with Crippen LogP contribution in [0.3, 0.4) is 0 Å². The van der Waals surface area contributed by atoms with Gasteiger partial charge >= 0.3 is 0 Å². The molecule has 0 saturated carbocycles. The molecule has 1 atom stereocenters. The van der Waals surface area contributed by atoms with E-state index in [4.69, 9.17) is 23.2 Å². The molecule has 0 N–H and O–H groups in total. The van der Waals surface area contributed by atoms with Crippen molar-refractivity contribution in [1.82, 2.24) is 4.90 Å². The molecule has 0 aliphatic rings. The van der Waals surface area contributed by atoms with Crippen LogP contribution in [0.15, 0.2) is 18.2 Å². The van der Waals surface area contributed by atoms with Crippen molar-refractivity contribution in [3.05, 3.63) is 33.8 Å². The number of halogens is 3. The Morgan fingerprint density at radius 2 is 2.05 bits per heavy atom. The Labute approximate surface area is 133 Å². The van der Waals surface area contributed by atoms with E-state index in [1.54, 1.807) is 17.0 Å². The van der Waals surface area contributed by atoms with Crippen LogP contribution in [-0.2, 0) is 4.79 Å². The van der Waals surface area contributed by atoms with E-state index in [-0.39, 0.29) is 11.9 Å². The molecule has 1 rings (SSSR count). The highest BCUT2D eigenvalue weighted by atomic mass is 79.9. The molecule has 19 heavy (non-hydrogen) atoms. The molecule has 0 aliphatic heterocycles. The summed E-state index contributed by atoms with van der Waals surface area (Å²) in [6.45, 7) is 1.97. The molecular formula is C14H18BrCl2NO. The average molecular weight is 367 g/mol. The number of alkyl halides is 1. The summed E-state index contributed by atoms with van der Waals surface area (Å²) in [6.07, 6.45) is 2.48. The second-order valence-electron chi connectivity index (χ2n) is 4.49. The molecule has 0 aromatic heterocycles. The molecule has 5 heteroatoms. The maximum atomic E-state index is 12.1. The molecule has 0 saturated heterocycles. The van der Waals surface area contributed by atoms with Crippen LogP contribution in [0.25, 0.3) is 0 Å². The number of rotatable bonds is 6. The van der Waals surface area contributed by atoms with Crippen LogP contribution in [0.5, 0.6) is 0 Å². The number of unbranched alkanes of at least 4 members (excludes halogenated alkanes) is 1. The number of carbonyl (C=O) groups is 1. The first-order valence-corrected chi connectivity index (χ1v) is 8.11. The second kappa shape index (κ2) is 8.13. The Hall–Kier alpha value is -0.250. The quantitative estimate of drug-likeness (QED) is 0.507. The van der Waals surface area contributed by atoms with E-state index in [1.807, 2.05) is 20.0 Å². The van der Waals surface area contributed by atoms with Crippen LogP contribution < -0.4 is 0 Å². The van der Waals surface area contributed by atoms with Crippen LogP contribution in [0.2, 0.25) is 10.0 Å². The van der Waals surface area contributed by atoms with Crippen molar-refractivity contribution < 1.29 is 4.79 Å². The normalized spacial score (nSPS) is 12.3. The minimum atomic E-state index is -0.0544. The molecule has 1 aromatic rings. The first kappa shape index (κ1) is 16.8. The van der Waals surface area contributed by atoms with Crippen molar-refractivity contribution in [2.24, 2.45) is 0 Å². The molecule has 0 fully saturated rings. The third kappa shape index (κ3) is 4.97. The zero-order valence-corrected chi connectivity index (χ0v) is 14.2. The molecule has 106 valence electrons. The van der Waals surface area contributed by atoms with Gasteiger partial charge < -0.3 is 4.90 Å². The number of benzene rings is 1. The molecule has 0 heterocycles. The van der Waals surface area contributed by atoms with Gasteiger partial charge in [0, 0.05) is 28.8 Å². The Kier molecular flexibility index (Phi) is 7.19. The fraction of sp³-hybridized carbons (Fsp3) is 0.500. The lowest BCUT2D eigenvalue weighted by Gasteiger charge is -2.26. The van der Waals surface area contributed by atoms with Crippen LogP contribution >= 0.6 is 39.1 Å². The van der Waals surface area contributed by atoms with E-state index in [0.717, 1.165) is 23.7 Å². The van der Waals surface area contributed by atoms with Gasteiger partial charge in [-0.3, -0.25) is 4.79 Å². The van der Waals surface area contributed by atoms with Crippen molar-refractivity contribution in [2.45, 2.75) is 32.2 Å². The SMILES string of the molecule is CC(c1ccc(Cl)cc1Cl)N(C)C(=O)CCCCBr. The van der Waals surface area contributed by atoms with Gasteiger partial charge in [-0.25, -0.2) is 0 Å². The van der Waals surface area contributed by atoms with Crippen molar-refractivity contribution in [3.8, 4) is 0 Å². The molecule has 1 amide bonds. The maximum Gasteiger partial charge on any atom is 0.222 e. The van der Waals surface area contributed by atoms with E-state index >= 15 is 0 Å². The van der Waals surface area contributed by atoms with Gasteiger partial charge in [-0.15, -0.1) is 0 Å². The monoisotopic (exact) mass is 365 g/mol. The van der Waals surface area contributed by atoms with Gasteiger partial charge in [-0.2, -0.15) is 0 Å². The standard InChI is InChI=1S/C14H18BrCl2NO/c1-10(12-7-6-11(16)9-13(12)17)18(2)14(19)5-3-4-8-15/h6-7,9-10H,3-5,8H2,1-2H3. The lowest BCUT2D eigenvalue weighted by molar-refractivity contribution is -0.131. The molecule has 0 aliphatic carbocycles. The summed E-state index contributed by atoms with van der Waals surface area (Å²) < 4.78 is 0. The second-order valence-corrected chi connectivity index (χ2v) is 6.13. The van der Waals surface area contributed by atoms with E-state index in [1.165, 1.54) is 0 Å². The van der Waals surface area contributed by atoms with Crippen LogP contribution in [0, 0.1) is 0 Å². The van der Waals surface area contributed by atoms with E-state index in [9.17, 15) is 4.79 Å². The molecule has 2 nitrogen and oxygen atoms in total. The summed E-state index contributed by atoms with van der Waals surface area (Å²) >= 11 is 15.4. The number of nitrogens with zero attached hydrogens (tertiary/aromatic N) is 1. The lowest BCUT2D eigenvalue weighted by Crippen LogP contribution is -2.29. The molecule has 0 spiro atoms. The molecular weight excluding hydrogens is 349 g/mol. The first-order valence-electron chi connectivity index (χ1n) is 6.24. The minimum absolute atomic E-state index is 0.0544. The van der Waals surface area contributed by atoms with Crippen molar-refractivity contribution >= 4 is 45.0 Å². The van der Waals surface area contributed by atoms with Crippen LogP contribution in [0.1, 0.15) is 37.8 Å². The highest BCUT2D eigenvalue weighted by molar-refractivity contribution is 9.09. The Bertz CT molecular complexity index is 439. The average Bonchev–Trinajstić information content (AvgIpc) is 2.37. The lowest BCUT2D eigenvalue weighted by atomic mass is 10.1. The van der Waals surface area contributed by atoms with E-state index in [0.29, 0.717) is 16.5 Å². The topological polar surface area (TPSA) is 20.3 Å². The van der Waals surface area contributed by atoms with Crippen LogP contribution in [-0.4, -0.2) is 23.2 Å². The highest BCUT2D eigenvalue weighted by Crippen LogP contribution is 2.29. The summed E-state index contributed by atoms with van der Waals surface area (Å²) in [6, 6.07) is 5.32. The fourth-order valence-electron chi connectivity index (χ4n) is 1.81. The van der Waals surface area contributed by atoms with Crippen molar-refractivity contribution in [3.63, 3.8) is 0 Å². The third-order valence-corrected chi connectivity index (χ3v) is 4.28. The number of amides is 1. The first-order chi connectivity index (χ1) is 8.97. The van der Waals surface area contributed by atoms with E-state index in [2.05, 4.69) is 15.9 Å². The molecule has 0 radical (unpaired) electrons. The largest absolute Gasteiger partial charge is 0.339 e. The summed E-state index contributed by atoms with van der Waals surface area (Å²) in [7, 11) is 1.81. The highest BCUT2D eigenvalue weighted by Gasteiger charge is 2.19. The fourth-order valence-corrected chi connectivity index (χ4v) is 2.77. The summed E-state index contributed by atoms with van der Waals surface area (Å²) in [5.41, 5.74) is 0.919. The maximum absolute atomic E-state index is 12.1. The predicted octanol–water partition coefficient (Wildman–Crippen LogP) is 5.08. The zero-order chi connectivity index (χ0) is 14.4.